The van der Waals surface area contributed by atoms with Crippen LogP contribution in [0.15, 0.2) is 12.2 Å². The standard InChI is InChI=1S/C22H43N3O2/c1-4-6-7-8-9-10-11-12-13-14-15-16-17-18-19-20(21(26)27-5-2)25(3)22(23)24/h12-13,20H,4-11,14-19H2,1-3H3,(H3,23,24)/b13-12-. The second kappa shape index (κ2) is 17.9. The van der Waals surface area contributed by atoms with Gasteiger partial charge in [0.2, 0.25) is 0 Å². The zero-order chi connectivity index (χ0) is 20.3. The first-order valence-corrected chi connectivity index (χ1v) is 10.9. The molecule has 5 nitrogen and oxygen atoms in total. The molecule has 0 saturated carbocycles. The van der Waals surface area contributed by atoms with Gasteiger partial charge >= 0.3 is 5.97 Å². The van der Waals surface area contributed by atoms with Crippen LogP contribution in [0.1, 0.15) is 97.3 Å². The summed E-state index contributed by atoms with van der Waals surface area (Å²) in [4.78, 5) is 13.5. The number of unbranched alkanes of at least 4 members (excludes halogenated alkanes) is 10. The van der Waals surface area contributed by atoms with Gasteiger partial charge in [0.05, 0.1) is 6.61 Å². The van der Waals surface area contributed by atoms with Crippen molar-refractivity contribution < 1.29 is 9.53 Å². The fourth-order valence-electron chi connectivity index (χ4n) is 3.11. The van der Waals surface area contributed by atoms with Crippen LogP contribution in [0, 0.1) is 5.41 Å². The molecule has 0 aromatic rings. The van der Waals surface area contributed by atoms with E-state index in [2.05, 4.69) is 19.1 Å². The number of ether oxygens (including phenoxy) is 1. The molecular formula is C22H43N3O2. The van der Waals surface area contributed by atoms with E-state index in [1.807, 2.05) is 0 Å². The molecule has 0 fully saturated rings. The molecule has 0 aliphatic rings. The Morgan fingerprint density at radius 2 is 1.48 bits per heavy atom. The molecule has 0 amide bonds. The number of rotatable bonds is 17. The summed E-state index contributed by atoms with van der Waals surface area (Å²) in [5, 5.41) is 7.53. The highest BCUT2D eigenvalue weighted by atomic mass is 16.5. The first-order valence-electron chi connectivity index (χ1n) is 10.9. The van der Waals surface area contributed by atoms with E-state index in [-0.39, 0.29) is 11.9 Å². The monoisotopic (exact) mass is 381 g/mol. The van der Waals surface area contributed by atoms with E-state index in [9.17, 15) is 4.79 Å². The van der Waals surface area contributed by atoms with Crippen LogP contribution in [0.2, 0.25) is 0 Å². The van der Waals surface area contributed by atoms with E-state index < -0.39 is 6.04 Å². The van der Waals surface area contributed by atoms with Gasteiger partial charge in [-0.25, -0.2) is 4.79 Å². The zero-order valence-electron chi connectivity index (χ0n) is 18.0. The Morgan fingerprint density at radius 1 is 0.963 bits per heavy atom. The molecule has 0 aromatic heterocycles. The van der Waals surface area contributed by atoms with E-state index >= 15 is 0 Å². The van der Waals surface area contributed by atoms with Gasteiger partial charge in [0.1, 0.15) is 6.04 Å². The zero-order valence-corrected chi connectivity index (χ0v) is 18.0. The predicted molar refractivity (Wildman–Crippen MR) is 115 cm³/mol. The number of guanidine groups is 1. The summed E-state index contributed by atoms with van der Waals surface area (Å²) in [7, 11) is 1.68. The summed E-state index contributed by atoms with van der Waals surface area (Å²) in [6.07, 6.45) is 20.2. The Labute approximate surface area is 167 Å². The number of nitrogens with zero attached hydrogens (tertiary/aromatic N) is 1. The van der Waals surface area contributed by atoms with Crippen LogP contribution in [-0.4, -0.2) is 36.5 Å². The maximum absolute atomic E-state index is 12.0. The third kappa shape index (κ3) is 14.2. The van der Waals surface area contributed by atoms with Gasteiger partial charge in [-0.1, -0.05) is 70.4 Å². The number of hydrogen-bond donors (Lipinski definition) is 2. The van der Waals surface area contributed by atoms with Crippen molar-refractivity contribution >= 4 is 11.9 Å². The van der Waals surface area contributed by atoms with Crippen molar-refractivity contribution in [3.8, 4) is 0 Å². The Kier molecular flexibility index (Phi) is 16.9. The van der Waals surface area contributed by atoms with E-state index in [0.717, 1.165) is 19.3 Å². The summed E-state index contributed by atoms with van der Waals surface area (Å²) >= 11 is 0. The highest BCUT2D eigenvalue weighted by molar-refractivity contribution is 5.83. The van der Waals surface area contributed by atoms with Crippen LogP contribution in [0.3, 0.4) is 0 Å². The van der Waals surface area contributed by atoms with Gasteiger partial charge in [0.25, 0.3) is 0 Å². The topological polar surface area (TPSA) is 79.4 Å². The number of hydrogen-bond acceptors (Lipinski definition) is 3. The van der Waals surface area contributed by atoms with Gasteiger partial charge in [-0.05, 0) is 39.0 Å². The minimum Gasteiger partial charge on any atom is -0.464 e. The molecule has 0 radical (unpaired) electrons. The molecule has 0 aliphatic heterocycles. The Balaban J connectivity index is 3.73. The summed E-state index contributed by atoms with van der Waals surface area (Å²) in [6, 6.07) is -0.445. The summed E-state index contributed by atoms with van der Waals surface area (Å²) in [5.41, 5.74) is 5.51. The lowest BCUT2D eigenvalue weighted by Gasteiger charge is -2.26. The molecule has 0 spiro atoms. The lowest BCUT2D eigenvalue weighted by Crippen LogP contribution is -2.46. The largest absolute Gasteiger partial charge is 0.464 e. The SMILES string of the molecule is CCCCCCCC/C=C\CCCCCCC(C(=O)OCC)N(C)C(=N)N. The third-order valence-electron chi connectivity index (χ3n) is 4.90. The highest BCUT2D eigenvalue weighted by Crippen LogP contribution is 2.13. The molecule has 0 rings (SSSR count). The molecule has 3 N–H and O–H groups in total. The second-order valence-corrected chi connectivity index (χ2v) is 7.28. The summed E-state index contributed by atoms with van der Waals surface area (Å²) in [6.45, 7) is 4.40. The lowest BCUT2D eigenvalue weighted by molar-refractivity contribution is -0.148. The van der Waals surface area contributed by atoms with Crippen LogP contribution in [0.4, 0.5) is 0 Å². The average Bonchev–Trinajstić information content (AvgIpc) is 2.64. The highest BCUT2D eigenvalue weighted by Gasteiger charge is 2.24. The first kappa shape index (κ1) is 25.5. The van der Waals surface area contributed by atoms with Crippen molar-refractivity contribution in [1.82, 2.24) is 4.90 Å². The van der Waals surface area contributed by atoms with Crippen LogP contribution in [-0.2, 0) is 9.53 Å². The van der Waals surface area contributed by atoms with Gasteiger partial charge in [0, 0.05) is 7.05 Å². The van der Waals surface area contributed by atoms with Crippen molar-refractivity contribution in [1.29, 1.82) is 5.41 Å². The average molecular weight is 382 g/mol. The van der Waals surface area contributed by atoms with Gasteiger partial charge in [0.15, 0.2) is 5.96 Å². The summed E-state index contributed by atoms with van der Waals surface area (Å²) < 4.78 is 5.10. The molecule has 5 heteroatoms. The van der Waals surface area contributed by atoms with E-state index in [1.165, 1.54) is 62.7 Å². The maximum atomic E-state index is 12.0. The molecule has 158 valence electrons. The minimum atomic E-state index is -0.445. The number of nitrogens with two attached hydrogens (primary N) is 1. The molecule has 0 bridgehead atoms. The van der Waals surface area contributed by atoms with Crippen LogP contribution < -0.4 is 5.73 Å². The number of esters is 1. The normalized spacial score (nSPS) is 12.3. The Morgan fingerprint density at radius 3 is 2.00 bits per heavy atom. The number of allylic oxidation sites excluding steroid dienone is 2. The second-order valence-electron chi connectivity index (χ2n) is 7.28. The molecule has 27 heavy (non-hydrogen) atoms. The molecule has 0 aromatic carbocycles. The third-order valence-corrected chi connectivity index (χ3v) is 4.90. The van der Waals surface area contributed by atoms with E-state index in [4.69, 9.17) is 15.9 Å². The molecular weight excluding hydrogens is 338 g/mol. The van der Waals surface area contributed by atoms with Crippen LogP contribution in [0.5, 0.6) is 0 Å². The molecule has 0 heterocycles. The number of nitrogens with one attached hydrogen (secondary N) is 1. The van der Waals surface area contributed by atoms with E-state index in [0.29, 0.717) is 13.0 Å². The fraction of sp³-hybridized carbons (Fsp3) is 0.818. The number of carbonyl (C=O) groups excluding carboxylic acids is 1. The molecule has 0 saturated heterocycles. The fourth-order valence-corrected chi connectivity index (χ4v) is 3.11. The molecule has 1 atom stereocenters. The predicted octanol–water partition coefficient (Wildman–Crippen LogP) is 5.39. The van der Waals surface area contributed by atoms with Crippen molar-refractivity contribution in [2.75, 3.05) is 13.7 Å². The van der Waals surface area contributed by atoms with Crippen molar-refractivity contribution in [2.24, 2.45) is 5.73 Å². The first-order chi connectivity index (χ1) is 13.0. The quantitative estimate of drug-likeness (QED) is 0.116. The van der Waals surface area contributed by atoms with Crippen LogP contribution in [0.25, 0.3) is 0 Å². The van der Waals surface area contributed by atoms with Crippen molar-refractivity contribution in [3.05, 3.63) is 12.2 Å². The van der Waals surface area contributed by atoms with Crippen LogP contribution >= 0.6 is 0 Å². The Bertz CT molecular complexity index is 410. The van der Waals surface area contributed by atoms with Crippen molar-refractivity contribution in [3.63, 3.8) is 0 Å². The van der Waals surface area contributed by atoms with Gasteiger partial charge in [-0.2, -0.15) is 0 Å². The molecule has 0 aliphatic carbocycles. The van der Waals surface area contributed by atoms with E-state index in [1.54, 1.807) is 14.0 Å². The van der Waals surface area contributed by atoms with Gasteiger partial charge < -0.3 is 15.4 Å². The number of likely N-dealkylation sites (N-methyl/N-ethyl adjacent to an activating group) is 1. The van der Waals surface area contributed by atoms with Crippen molar-refractivity contribution in [2.45, 2.75) is 103 Å². The van der Waals surface area contributed by atoms with Gasteiger partial charge in [-0.3, -0.25) is 5.41 Å². The molecule has 1 unspecified atom stereocenters. The smallest absolute Gasteiger partial charge is 0.328 e. The Hall–Kier alpha value is -1.52. The van der Waals surface area contributed by atoms with Gasteiger partial charge in [-0.15, -0.1) is 0 Å². The minimum absolute atomic E-state index is 0.0939. The lowest BCUT2D eigenvalue weighted by atomic mass is 10.0. The summed E-state index contributed by atoms with van der Waals surface area (Å²) in [5.74, 6) is -0.378. The number of carbonyl (C=O) groups is 1. The maximum Gasteiger partial charge on any atom is 0.328 e.